The van der Waals surface area contributed by atoms with Gasteiger partial charge in [0.15, 0.2) is 5.82 Å². The lowest BCUT2D eigenvalue weighted by Crippen LogP contribution is -2.27. The number of carbonyl (C=O) groups excluding carboxylic acids is 1. The highest BCUT2D eigenvalue weighted by Gasteiger charge is 2.12. The van der Waals surface area contributed by atoms with Gasteiger partial charge in [-0.1, -0.05) is 18.1 Å². The Hall–Kier alpha value is -3.29. The van der Waals surface area contributed by atoms with Crippen LogP contribution >= 0.6 is 0 Å². The van der Waals surface area contributed by atoms with Crippen LogP contribution in [0, 0.1) is 12.7 Å². The molecule has 0 saturated carbocycles. The SMILES string of the molecule is CCCc1noc(-c2ccc(=O)n(CC(=O)Nc3ccc(C)cc3F)c2)n1. The van der Waals surface area contributed by atoms with E-state index in [1.165, 1.54) is 29.0 Å². The molecule has 0 atom stereocenters. The number of halogens is 1. The van der Waals surface area contributed by atoms with Crippen molar-refractivity contribution < 1.29 is 13.7 Å². The monoisotopic (exact) mass is 370 g/mol. The second-order valence-corrected chi connectivity index (χ2v) is 6.18. The third-order valence-electron chi connectivity index (χ3n) is 3.88. The molecule has 0 aliphatic rings. The second-order valence-electron chi connectivity index (χ2n) is 6.18. The fraction of sp³-hybridized carbons (Fsp3) is 0.263. The molecule has 3 aromatic rings. The van der Waals surface area contributed by atoms with E-state index in [0.717, 1.165) is 12.0 Å². The van der Waals surface area contributed by atoms with Gasteiger partial charge in [-0.3, -0.25) is 9.59 Å². The number of benzene rings is 1. The van der Waals surface area contributed by atoms with Gasteiger partial charge in [0, 0.05) is 18.7 Å². The Morgan fingerprint density at radius 2 is 2.11 bits per heavy atom. The van der Waals surface area contributed by atoms with E-state index in [0.29, 0.717) is 17.8 Å². The van der Waals surface area contributed by atoms with E-state index in [2.05, 4.69) is 15.5 Å². The van der Waals surface area contributed by atoms with E-state index in [4.69, 9.17) is 4.52 Å². The predicted octanol–water partition coefficient (Wildman–Crippen LogP) is 2.94. The first-order chi connectivity index (χ1) is 13.0. The van der Waals surface area contributed by atoms with Gasteiger partial charge in [0.25, 0.3) is 11.4 Å². The molecule has 1 aromatic carbocycles. The third kappa shape index (κ3) is 4.46. The number of aryl methyl sites for hydroxylation is 2. The lowest BCUT2D eigenvalue weighted by molar-refractivity contribution is -0.116. The molecule has 0 radical (unpaired) electrons. The second kappa shape index (κ2) is 7.94. The lowest BCUT2D eigenvalue weighted by atomic mass is 10.2. The number of aromatic nitrogens is 3. The van der Waals surface area contributed by atoms with E-state index in [1.54, 1.807) is 19.1 Å². The van der Waals surface area contributed by atoms with Crippen molar-refractivity contribution in [3.63, 3.8) is 0 Å². The maximum absolute atomic E-state index is 13.9. The number of nitrogens with zero attached hydrogens (tertiary/aromatic N) is 3. The predicted molar refractivity (Wildman–Crippen MR) is 97.8 cm³/mol. The number of carbonyl (C=O) groups is 1. The standard InChI is InChI=1S/C19H19FN4O3/c1-3-4-16-22-19(27-23-16)13-6-8-18(26)24(10-13)11-17(25)21-15-7-5-12(2)9-14(15)20/h5-10H,3-4,11H2,1-2H3,(H,21,25). The topological polar surface area (TPSA) is 90.0 Å². The maximum Gasteiger partial charge on any atom is 0.259 e. The minimum absolute atomic E-state index is 0.0657. The van der Waals surface area contributed by atoms with Crippen molar-refractivity contribution in [2.24, 2.45) is 0 Å². The summed E-state index contributed by atoms with van der Waals surface area (Å²) in [4.78, 5) is 28.5. The molecule has 1 amide bonds. The highest BCUT2D eigenvalue weighted by molar-refractivity contribution is 5.90. The molecule has 7 nitrogen and oxygen atoms in total. The number of rotatable bonds is 6. The Kier molecular flexibility index (Phi) is 5.44. The van der Waals surface area contributed by atoms with Crippen molar-refractivity contribution in [1.82, 2.24) is 14.7 Å². The number of nitrogens with one attached hydrogen (secondary N) is 1. The van der Waals surface area contributed by atoms with Gasteiger partial charge in [-0.2, -0.15) is 4.98 Å². The Morgan fingerprint density at radius 1 is 1.30 bits per heavy atom. The molecule has 0 bridgehead atoms. The lowest BCUT2D eigenvalue weighted by Gasteiger charge is -2.09. The molecule has 0 aliphatic heterocycles. The minimum atomic E-state index is -0.529. The zero-order valence-corrected chi connectivity index (χ0v) is 15.0. The van der Waals surface area contributed by atoms with E-state index in [1.807, 2.05) is 6.92 Å². The van der Waals surface area contributed by atoms with Crippen LogP contribution in [0.4, 0.5) is 10.1 Å². The largest absolute Gasteiger partial charge is 0.334 e. The van der Waals surface area contributed by atoms with Crippen LogP contribution in [0.2, 0.25) is 0 Å². The summed E-state index contributed by atoms with van der Waals surface area (Å²) in [5, 5.41) is 6.34. The quantitative estimate of drug-likeness (QED) is 0.720. The van der Waals surface area contributed by atoms with E-state index in [9.17, 15) is 14.0 Å². The molecule has 3 rings (SSSR count). The summed E-state index contributed by atoms with van der Waals surface area (Å²) in [7, 11) is 0. The summed E-state index contributed by atoms with van der Waals surface area (Å²) in [6.45, 7) is 3.49. The van der Waals surface area contributed by atoms with Crippen LogP contribution < -0.4 is 10.9 Å². The van der Waals surface area contributed by atoms with Gasteiger partial charge in [-0.15, -0.1) is 0 Å². The first kappa shape index (κ1) is 18.5. The van der Waals surface area contributed by atoms with Crippen LogP contribution in [0.25, 0.3) is 11.5 Å². The smallest absolute Gasteiger partial charge is 0.259 e. The Bertz CT molecular complexity index is 1030. The highest BCUT2D eigenvalue weighted by Crippen LogP contribution is 2.17. The average Bonchev–Trinajstić information content (AvgIpc) is 3.08. The molecule has 0 spiro atoms. The fourth-order valence-corrected chi connectivity index (χ4v) is 2.54. The van der Waals surface area contributed by atoms with Crippen molar-refractivity contribution in [2.45, 2.75) is 33.2 Å². The van der Waals surface area contributed by atoms with Crippen LogP contribution in [0.5, 0.6) is 0 Å². The summed E-state index contributed by atoms with van der Waals surface area (Å²) < 4.78 is 20.3. The average molecular weight is 370 g/mol. The molecule has 2 aromatic heterocycles. The van der Waals surface area contributed by atoms with Crippen LogP contribution in [0.1, 0.15) is 24.7 Å². The van der Waals surface area contributed by atoms with Gasteiger partial charge in [0.2, 0.25) is 5.91 Å². The Morgan fingerprint density at radius 3 is 2.85 bits per heavy atom. The Balaban J connectivity index is 1.77. The molecule has 8 heteroatoms. The number of hydrogen-bond acceptors (Lipinski definition) is 5. The number of pyridine rings is 1. The van der Waals surface area contributed by atoms with E-state index < -0.39 is 11.7 Å². The van der Waals surface area contributed by atoms with Crippen LogP contribution in [-0.2, 0) is 17.8 Å². The van der Waals surface area contributed by atoms with Crippen molar-refractivity contribution in [3.05, 3.63) is 64.1 Å². The number of anilines is 1. The van der Waals surface area contributed by atoms with Crippen molar-refractivity contribution in [2.75, 3.05) is 5.32 Å². The van der Waals surface area contributed by atoms with Crippen LogP contribution in [0.3, 0.4) is 0 Å². The van der Waals surface area contributed by atoms with Gasteiger partial charge >= 0.3 is 0 Å². The van der Waals surface area contributed by atoms with Crippen LogP contribution in [-0.4, -0.2) is 20.6 Å². The minimum Gasteiger partial charge on any atom is -0.334 e. The molecule has 27 heavy (non-hydrogen) atoms. The molecule has 0 fully saturated rings. The van der Waals surface area contributed by atoms with Gasteiger partial charge in [0.05, 0.1) is 11.3 Å². The summed E-state index contributed by atoms with van der Waals surface area (Å²) in [6, 6.07) is 7.37. The summed E-state index contributed by atoms with van der Waals surface area (Å²) in [5.74, 6) is -0.192. The zero-order chi connectivity index (χ0) is 19.4. The highest BCUT2D eigenvalue weighted by atomic mass is 19.1. The molecule has 0 aliphatic carbocycles. The van der Waals surface area contributed by atoms with E-state index in [-0.39, 0.29) is 23.7 Å². The van der Waals surface area contributed by atoms with Crippen molar-refractivity contribution in [3.8, 4) is 11.5 Å². The van der Waals surface area contributed by atoms with Crippen molar-refractivity contribution >= 4 is 11.6 Å². The molecule has 0 saturated heterocycles. The van der Waals surface area contributed by atoms with Crippen molar-refractivity contribution in [1.29, 1.82) is 0 Å². The van der Waals surface area contributed by atoms with Crippen LogP contribution in [0.15, 0.2) is 45.8 Å². The molecule has 2 heterocycles. The molecule has 1 N–H and O–H groups in total. The van der Waals surface area contributed by atoms with Gasteiger partial charge in [-0.25, -0.2) is 4.39 Å². The fourth-order valence-electron chi connectivity index (χ4n) is 2.54. The maximum atomic E-state index is 13.9. The molecular weight excluding hydrogens is 351 g/mol. The van der Waals surface area contributed by atoms with Gasteiger partial charge in [-0.05, 0) is 37.1 Å². The molecular formula is C19H19FN4O3. The molecule has 0 unspecified atom stereocenters. The zero-order valence-electron chi connectivity index (χ0n) is 15.0. The first-order valence-electron chi connectivity index (χ1n) is 8.55. The van der Waals surface area contributed by atoms with Gasteiger partial charge < -0.3 is 14.4 Å². The normalized spacial score (nSPS) is 10.8. The first-order valence-corrected chi connectivity index (χ1v) is 8.55. The summed E-state index contributed by atoms with van der Waals surface area (Å²) in [5.41, 5.74) is 0.970. The van der Waals surface area contributed by atoms with Gasteiger partial charge in [0.1, 0.15) is 12.4 Å². The third-order valence-corrected chi connectivity index (χ3v) is 3.88. The van der Waals surface area contributed by atoms with E-state index >= 15 is 0 Å². The number of amides is 1. The number of hydrogen-bond donors (Lipinski definition) is 1. The Labute approximate surface area is 154 Å². The summed E-state index contributed by atoms with van der Waals surface area (Å²) in [6.07, 6.45) is 3.04. The summed E-state index contributed by atoms with van der Waals surface area (Å²) >= 11 is 0. The molecule has 140 valence electrons.